The van der Waals surface area contributed by atoms with E-state index >= 15 is 0 Å². The molecule has 1 atom stereocenters. The second kappa shape index (κ2) is 4.09. The SMILES string of the molecule is CC(=O)C(c1c[c]ccc1)[Si](C)(C)C. The van der Waals surface area contributed by atoms with Gasteiger partial charge >= 0.3 is 0 Å². The third-order valence-electron chi connectivity index (χ3n) is 2.34. The summed E-state index contributed by atoms with van der Waals surface area (Å²) in [4.78, 5) is 11.6. The summed E-state index contributed by atoms with van der Waals surface area (Å²) in [6.07, 6.45) is 0. The number of ketones is 1. The number of Topliss-reactive ketones (excluding diaryl/α,β-unsaturated/α-hetero) is 1. The second-order valence-electron chi connectivity index (χ2n) is 4.75. The van der Waals surface area contributed by atoms with Gasteiger partial charge in [-0.1, -0.05) is 43.9 Å². The van der Waals surface area contributed by atoms with E-state index in [-0.39, 0.29) is 11.3 Å². The van der Waals surface area contributed by atoms with Gasteiger partial charge in [-0.2, -0.15) is 0 Å². The molecule has 1 rings (SSSR count). The number of carbonyl (C=O) groups excluding carboxylic acids is 1. The molecule has 1 radical (unpaired) electrons. The van der Waals surface area contributed by atoms with Crippen molar-refractivity contribution < 1.29 is 4.79 Å². The fourth-order valence-corrected chi connectivity index (χ4v) is 4.33. The lowest BCUT2D eigenvalue weighted by molar-refractivity contribution is -0.116. The van der Waals surface area contributed by atoms with Crippen molar-refractivity contribution in [1.29, 1.82) is 0 Å². The zero-order valence-corrected chi connectivity index (χ0v) is 10.3. The molecule has 0 N–H and O–H groups in total. The minimum absolute atomic E-state index is 0.111. The summed E-state index contributed by atoms with van der Waals surface area (Å²) in [5.74, 6) is 0.281. The predicted octanol–water partition coefficient (Wildman–Crippen LogP) is 3.04. The Balaban J connectivity index is 3.08. The highest BCUT2D eigenvalue weighted by atomic mass is 28.3. The monoisotopic (exact) mass is 205 g/mol. The van der Waals surface area contributed by atoms with Gasteiger partial charge in [0.25, 0.3) is 0 Å². The fourth-order valence-electron chi connectivity index (χ4n) is 1.93. The molecule has 0 amide bonds. The van der Waals surface area contributed by atoms with E-state index in [9.17, 15) is 4.79 Å². The molecule has 0 heterocycles. The molecular formula is C12H17OSi. The summed E-state index contributed by atoms with van der Waals surface area (Å²) >= 11 is 0. The summed E-state index contributed by atoms with van der Waals surface area (Å²) in [6.45, 7) is 8.38. The number of rotatable bonds is 3. The molecule has 0 saturated carbocycles. The van der Waals surface area contributed by atoms with E-state index in [1.165, 1.54) is 0 Å². The summed E-state index contributed by atoms with van der Waals surface area (Å²) in [6, 6.07) is 10.8. The maximum atomic E-state index is 11.6. The van der Waals surface area contributed by atoms with Crippen LogP contribution >= 0.6 is 0 Å². The Morgan fingerprint density at radius 1 is 1.43 bits per heavy atom. The van der Waals surface area contributed by atoms with Crippen LogP contribution in [-0.2, 0) is 4.79 Å². The van der Waals surface area contributed by atoms with E-state index in [4.69, 9.17) is 0 Å². The lowest BCUT2D eigenvalue weighted by Crippen LogP contribution is -2.35. The minimum Gasteiger partial charge on any atom is -0.300 e. The minimum atomic E-state index is -1.46. The standard InChI is InChI=1S/C12H17OSi/c1-10(13)12(14(2,3)4)11-8-6-5-7-9-11/h5-6,8-9,12H,1-4H3. The summed E-state index contributed by atoms with van der Waals surface area (Å²) in [5.41, 5.74) is 1.24. The van der Waals surface area contributed by atoms with E-state index in [2.05, 4.69) is 25.7 Å². The fraction of sp³-hybridized carbons (Fsp3) is 0.417. The zero-order valence-electron chi connectivity index (χ0n) is 9.29. The van der Waals surface area contributed by atoms with Crippen LogP contribution in [0.4, 0.5) is 0 Å². The van der Waals surface area contributed by atoms with Gasteiger partial charge in [0.05, 0.1) is 8.07 Å². The van der Waals surface area contributed by atoms with Crippen molar-refractivity contribution in [3.63, 3.8) is 0 Å². The van der Waals surface area contributed by atoms with Crippen LogP contribution in [0.3, 0.4) is 0 Å². The van der Waals surface area contributed by atoms with Crippen LogP contribution < -0.4 is 0 Å². The third kappa shape index (κ3) is 2.55. The first-order chi connectivity index (χ1) is 6.43. The molecule has 0 aliphatic carbocycles. The normalized spacial score (nSPS) is 13.7. The molecule has 0 spiro atoms. The van der Waals surface area contributed by atoms with Gasteiger partial charge in [-0.15, -0.1) is 0 Å². The molecular weight excluding hydrogens is 188 g/mol. The van der Waals surface area contributed by atoms with E-state index < -0.39 is 8.07 Å². The Morgan fingerprint density at radius 2 is 2.07 bits per heavy atom. The summed E-state index contributed by atoms with van der Waals surface area (Å²) < 4.78 is 0. The van der Waals surface area contributed by atoms with Crippen molar-refractivity contribution in [3.05, 3.63) is 35.9 Å². The highest BCUT2D eigenvalue weighted by molar-refractivity contribution is 6.80. The zero-order chi connectivity index (χ0) is 10.8. The largest absolute Gasteiger partial charge is 0.300 e. The van der Waals surface area contributed by atoms with Gasteiger partial charge in [0.15, 0.2) is 0 Å². The molecule has 75 valence electrons. The van der Waals surface area contributed by atoms with Gasteiger partial charge in [-0.05, 0) is 18.6 Å². The first-order valence-corrected chi connectivity index (χ1v) is 8.47. The van der Waals surface area contributed by atoms with Crippen molar-refractivity contribution in [3.8, 4) is 0 Å². The second-order valence-corrected chi connectivity index (χ2v) is 10.1. The predicted molar refractivity (Wildman–Crippen MR) is 62.0 cm³/mol. The smallest absolute Gasteiger partial charge is 0.134 e. The number of hydrogen-bond donors (Lipinski definition) is 0. The van der Waals surface area contributed by atoms with Crippen LogP contribution in [0.25, 0.3) is 0 Å². The molecule has 1 nitrogen and oxygen atoms in total. The Bertz CT molecular complexity index is 311. The molecule has 0 saturated heterocycles. The average Bonchev–Trinajstić information content (AvgIpc) is 2.02. The van der Waals surface area contributed by atoms with Gasteiger partial charge in [-0.25, -0.2) is 0 Å². The Kier molecular flexibility index (Phi) is 3.27. The Morgan fingerprint density at radius 3 is 2.43 bits per heavy atom. The maximum absolute atomic E-state index is 11.6. The average molecular weight is 205 g/mol. The van der Waals surface area contributed by atoms with Crippen molar-refractivity contribution >= 4 is 13.9 Å². The Labute approximate surface area is 87.2 Å². The van der Waals surface area contributed by atoms with Crippen LogP contribution in [0, 0.1) is 6.07 Å². The Hall–Kier alpha value is -0.893. The van der Waals surface area contributed by atoms with Crippen LogP contribution in [0.15, 0.2) is 24.3 Å². The van der Waals surface area contributed by atoms with Crippen LogP contribution in [-0.4, -0.2) is 13.9 Å². The third-order valence-corrected chi connectivity index (χ3v) is 4.81. The lowest BCUT2D eigenvalue weighted by atomic mass is 10.1. The van der Waals surface area contributed by atoms with Gasteiger partial charge in [-0.3, -0.25) is 4.79 Å². The molecule has 0 aromatic heterocycles. The first-order valence-electron chi connectivity index (χ1n) is 4.89. The van der Waals surface area contributed by atoms with Crippen LogP contribution in [0.5, 0.6) is 0 Å². The van der Waals surface area contributed by atoms with E-state index in [0.29, 0.717) is 0 Å². The molecule has 0 fully saturated rings. The summed E-state index contributed by atoms with van der Waals surface area (Å²) in [5, 5.41) is 0. The van der Waals surface area contributed by atoms with Gasteiger partial charge < -0.3 is 0 Å². The lowest BCUT2D eigenvalue weighted by Gasteiger charge is -2.26. The maximum Gasteiger partial charge on any atom is 0.134 e. The topological polar surface area (TPSA) is 17.1 Å². The molecule has 1 unspecified atom stereocenters. The molecule has 1 aromatic rings. The number of carbonyl (C=O) groups is 1. The number of benzene rings is 1. The van der Waals surface area contributed by atoms with Crippen molar-refractivity contribution in [2.45, 2.75) is 32.1 Å². The number of hydrogen-bond acceptors (Lipinski definition) is 1. The van der Waals surface area contributed by atoms with Gasteiger partial charge in [0.1, 0.15) is 5.78 Å². The van der Waals surface area contributed by atoms with E-state index in [0.717, 1.165) is 5.56 Å². The first kappa shape index (κ1) is 11.2. The molecule has 1 aromatic carbocycles. The molecule has 2 heteroatoms. The molecule has 0 aliphatic heterocycles. The van der Waals surface area contributed by atoms with Crippen molar-refractivity contribution in [1.82, 2.24) is 0 Å². The molecule has 0 bridgehead atoms. The van der Waals surface area contributed by atoms with Gasteiger partial charge in [0.2, 0.25) is 0 Å². The highest BCUT2D eigenvalue weighted by Gasteiger charge is 2.31. The highest BCUT2D eigenvalue weighted by Crippen LogP contribution is 2.27. The van der Waals surface area contributed by atoms with Crippen molar-refractivity contribution in [2.24, 2.45) is 0 Å². The van der Waals surface area contributed by atoms with E-state index in [1.807, 2.05) is 24.3 Å². The molecule has 0 aliphatic rings. The quantitative estimate of drug-likeness (QED) is 0.693. The van der Waals surface area contributed by atoms with Crippen molar-refractivity contribution in [2.75, 3.05) is 0 Å². The van der Waals surface area contributed by atoms with Crippen LogP contribution in [0.1, 0.15) is 18.0 Å². The molecule has 14 heavy (non-hydrogen) atoms. The van der Waals surface area contributed by atoms with Crippen LogP contribution in [0.2, 0.25) is 19.6 Å². The van der Waals surface area contributed by atoms with Gasteiger partial charge in [0, 0.05) is 5.54 Å². The summed E-state index contributed by atoms with van der Waals surface area (Å²) in [7, 11) is -1.46. The van der Waals surface area contributed by atoms with E-state index in [1.54, 1.807) is 6.92 Å².